The highest BCUT2D eigenvalue weighted by molar-refractivity contribution is 5.85. The standard InChI is InChI=1S/C21H24N2O2/c1-23-15-17(18-9-5-6-10-20(18)23)11-12-21(25)22-19(13-14-24)16-7-3-2-4-8-16/h2-10,15,19,24H,11-14H2,1H3,(H,22,25). The van der Waals surface area contributed by atoms with Crippen LogP contribution in [-0.2, 0) is 18.3 Å². The third kappa shape index (κ3) is 4.09. The summed E-state index contributed by atoms with van der Waals surface area (Å²) in [6, 6.07) is 17.9. The van der Waals surface area contributed by atoms with Crippen molar-refractivity contribution in [2.75, 3.05) is 6.61 Å². The van der Waals surface area contributed by atoms with Crippen LogP contribution in [0.4, 0.5) is 0 Å². The Balaban J connectivity index is 1.65. The van der Waals surface area contributed by atoms with E-state index in [9.17, 15) is 9.90 Å². The molecule has 0 spiro atoms. The summed E-state index contributed by atoms with van der Waals surface area (Å²) >= 11 is 0. The molecule has 1 unspecified atom stereocenters. The van der Waals surface area contributed by atoms with Gasteiger partial charge in [-0.1, -0.05) is 48.5 Å². The summed E-state index contributed by atoms with van der Waals surface area (Å²) in [5.74, 6) is 0.00948. The topological polar surface area (TPSA) is 54.3 Å². The average molecular weight is 336 g/mol. The number of nitrogens with zero attached hydrogens (tertiary/aromatic N) is 1. The highest BCUT2D eigenvalue weighted by atomic mass is 16.3. The Kier molecular flexibility index (Phi) is 5.51. The minimum absolute atomic E-state index is 0.00948. The molecule has 0 aliphatic carbocycles. The Morgan fingerprint density at radius 1 is 1.12 bits per heavy atom. The largest absolute Gasteiger partial charge is 0.396 e. The Bertz CT molecular complexity index is 839. The van der Waals surface area contributed by atoms with E-state index in [4.69, 9.17) is 0 Å². The summed E-state index contributed by atoms with van der Waals surface area (Å²) < 4.78 is 2.10. The summed E-state index contributed by atoms with van der Waals surface area (Å²) in [6.45, 7) is 0.0448. The van der Waals surface area contributed by atoms with Crippen molar-refractivity contribution in [2.24, 2.45) is 7.05 Å². The zero-order valence-corrected chi connectivity index (χ0v) is 14.5. The van der Waals surface area contributed by atoms with Crippen molar-refractivity contribution in [1.82, 2.24) is 9.88 Å². The van der Waals surface area contributed by atoms with Crippen LogP contribution < -0.4 is 5.32 Å². The van der Waals surface area contributed by atoms with Crippen LogP contribution in [-0.4, -0.2) is 22.2 Å². The number of benzene rings is 2. The molecule has 4 nitrogen and oxygen atoms in total. The Labute approximate surface area is 148 Å². The number of carbonyl (C=O) groups excluding carboxylic acids is 1. The third-order valence-electron chi connectivity index (χ3n) is 4.56. The van der Waals surface area contributed by atoms with Gasteiger partial charge in [0.1, 0.15) is 0 Å². The first-order valence-electron chi connectivity index (χ1n) is 8.67. The summed E-state index contributed by atoms with van der Waals surface area (Å²) in [7, 11) is 2.03. The highest BCUT2D eigenvalue weighted by Crippen LogP contribution is 2.22. The van der Waals surface area contributed by atoms with Crippen molar-refractivity contribution in [3.8, 4) is 0 Å². The fourth-order valence-electron chi connectivity index (χ4n) is 3.28. The number of aromatic nitrogens is 1. The number of rotatable bonds is 7. The number of carbonyl (C=O) groups is 1. The van der Waals surface area contributed by atoms with Gasteiger partial charge >= 0.3 is 0 Å². The normalized spacial score (nSPS) is 12.2. The first-order chi connectivity index (χ1) is 12.2. The van der Waals surface area contributed by atoms with Gasteiger partial charge in [0.15, 0.2) is 0 Å². The van der Waals surface area contributed by atoms with Crippen molar-refractivity contribution in [1.29, 1.82) is 0 Å². The molecule has 1 amide bonds. The summed E-state index contributed by atoms with van der Waals surface area (Å²) in [5, 5.41) is 13.5. The number of aryl methyl sites for hydroxylation is 2. The van der Waals surface area contributed by atoms with Gasteiger partial charge in [0.05, 0.1) is 6.04 Å². The fraction of sp³-hybridized carbons (Fsp3) is 0.286. The summed E-state index contributed by atoms with van der Waals surface area (Å²) in [6.07, 6.45) is 3.75. The third-order valence-corrected chi connectivity index (χ3v) is 4.56. The van der Waals surface area contributed by atoms with Crippen LogP contribution in [0.1, 0.15) is 30.0 Å². The number of para-hydroxylation sites is 1. The van der Waals surface area contributed by atoms with E-state index in [0.29, 0.717) is 19.3 Å². The fourth-order valence-corrected chi connectivity index (χ4v) is 3.28. The molecular weight excluding hydrogens is 312 g/mol. The monoisotopic (exact) mass is 336 g/mol. The number of hydrogen-bond donors (Lipinski definition) is 2. The number of fused-ring (bicyclic) bond motifs is 1. The minimum atomic E-state index is -0.147. The van der Waals surface area contributed by atoms with Crippen LogP contribution in [0.2, 0.25) is 0 Å². The lowest BCUT2D eigenvalue weighted by Gasteiger charge is -2.18. The molecule has 0 aliphatic rings. The molecule has 1 atom stereocenters. The molecule has 0 aliphatic heterocycles. The second kappa shape index (κ2) is 7.99. The van der Waals surface area contributed by atoms with E-state index in [0.717, 1.165) is 5.56 Å². The van der Waals surface area contributed by atoms with Crippen molar-refractivity contribution in [2.45, 2.75) is 25.3 Å². The van der Waals surface area contributed by atoms with Gasteiger partial charge in [-0.2, -0.15) is 0 Å². The average Bonchev–Trinajstić information content (AvgIpc) is 2.97. The van der Waals surface area contributed by atoms with E-state index in [2.05, 4.69) is 28.2 Å². The van der Waals surface area contributed by atoms with Gasteiger partial charge in [-0.25, -0.2) is 0 Å². The molecule has 2 N–H and O–H groups in total. The number of amides is 1. The maximum Gasteiger partial charge on any atom is 0.220 e. The van der Waals surface area contributed by atoms with Crippen LogP contribution in [0.3, 0.4) is 0 Å². The van der Waals surface area contributed by atoms with Crippen LogP contribution >= 0.6 is 0 Å². The zero-order chi connectivity index (χ0) is 17.6. The lowest BCUT2D eigenvalue weighted by molar-refractivity contribution is -0.121. The lowest BCUT2D eigenvalue weighted by atomic mass is 10.0. The van der Waals surface area contributed by atoms with Crippen molar-refractivity contribution < 1.29 is 9.90 Å². The maximum absolute atomic E-state index is 12.4. The number of hydrogen-bond acceptors (Lipinski definition) is 2. The molecule has 3 aromatic rings. The number of aliphatic hydroxyl groups excluding tert-OH is 1. The number of nitrogens with one attached hydrogen (secondary N) is 1. The van der Waals surface area contributed by atoms with E-state index >= 15 is 0 Å². The van der Waals surface area contributed by atoms with Crippen LogP contribution in [0.15, 0.2) is 60.8 Å². The van der Waals surface area contributed by atoms with E-state index in [1.807, 2.05) is 49.5 Å². The zero-order valence-electron chi connectivity index (χ0n) is 14.5. The lowest BCUT2D eigenvalue weighted by Crippen LogP contribution is -2.29. The molecule has 25 heavy (non-hydrogen) atoms. The van der Waals surface area contributed by atoms with E-state index in [1.165, 1.54) is 16.5 Å². The summed E-state index contributed by atoms with van der Waals surface area (Å²) in [4.78, 5) is 12.4. The molecule has 2 aromatic carbocycles. The molecule has 130 valence electrons. The Morgan fingerprint density at radius 2 is 1.84 bits per heavy atom. The van der Waals surface area contributed by atoms with Gasteiger partial charge in [0, 0.05) is 37.2 Å². The van der Waals surface area contributed by atoms with Gasteiger partial charge in [-0.05, 0) is 30.0 Å². The van der Waals surface area contributed by atoms with Crippen LogP contribution in [0.5, 0.6) is 0 Å². The maximum atomic E-state index is 12.4. The molecule has 0 fully saturated rings. The van der Waals surface area contributed by atoms with Gasteiger partial charge in [0.25, 0.3) is 0 Å². The van der Waals surface area contributed by atoms with Gasteiger partial charge in [-0.3, -0.25) is 4.79 Å². The Morgan fingerprint density at radius 3 is 2.60 bits per heavy atom. The molecular formula is C21H24N2O2. The molecule has 1 aromatic heterocycles. The van der Waals surface area contributed by atoms with E-state index in [-0.39, 0.29) is 18.6 Å². The predicted octanol–water partition coefficient (Wildman–Crippen LogP) is 3.35. The minimum Gasteiger partial charge on any atom is -0.396 e. The van der Waals surface area contributed by atoms with Gasteiger partial charge in [0.2, 0.25) is 5.91 Å². The molecule has 3 rings (SSSR count). The first-order valence-corrected chi connectivity index (χ1v) is 8.67. The Hall–Kier alpha value is -2.59. The number of aliphatic hydroxyl groups is 1. The first kappa shape index (κ1) is 17.2. The van der Waals surface area contributed by atoms with Crippen molar-refractivity contribution >= 4 is 16.8 Å². The smallest absolute Gasteiger partial charge is 0.220 e. The molecule has 0 saturated carbocycles. The molecule has 0 radical (unpaired) electrons. The van der Waals surface area contributed by atoms with Crippen molar-refractivity contribution in [3.63, 3.8) is 0 Å². The predicted molar refractivity (Wildman–Crippen MR) is 100 cm³/mol. The quantitative estimate of drug-likeness (QED) is 0.695. The molecule has 0 saturated heterocycles. The van der Waals surface area contributed by atoms with Gasteiger partial charge < -0.3 is 15.0 Å². The molecule has 0 bridgehead atoms. The highest BCUT2D eigenvalue weighted by Gasteiger charge is 2.15. The molecule has 1 heterocycles. The second-order valence-electron chi connectivity index (χ2n) is 6.33. The van der Waals surface area contributed by atoms with Crippen molar-refractivity contribution in [3.05, 3.63) is 71.9 Å². The van der Waals surface area contributed by atoms with E-state index < -0.39 is 0 Å². The van der Waals surface area contributed by atoms with Crippen LogP contribution in [0, 0.1) is 0 Å². The SMILES string of the molecule is Cn1cc(CCC(=O)NC(CCO)c2ccccc2)c2ccccc21. The van der Waals surface area contributed by atoms with Gasteiger partial charge in [-0.15, -0.1) is 0 Å². The molecule has 4 heteroatoms. The summed E-state index contributed by atoms with van der Waals surface area (Å²) in [5.41, 5.74) is 3.39. The van der Waals surface area contributed by atoms with E-state index in [1.54, 1.807) is 0 Å². The van der Waals surface area contributed by atoms with Crippen LogP contribution in [0.25, 0.3) is 10.9 Å². The second-order valence-corrected chi connectivity index (χ2v) is 6.33.